The molecule has 0 aliphatic carbocycles. The number of benzene rings is 2. The average Bonchev–Trinajstić information content (AvgIpc) is 3.01. The van der Waals surface area contributed by atoms with E-state index in [-0.39, 0.29) is 17.5 Å². The summed E-state index contributed by atoms with van der Waals surface area (Å²) in [6, 6.07) is 10.6. The molecule has 0 saturated carbocycles. The minimum Gasteiger partial charge on any atom is -0.397 e. The maximum atomic E-state index is 11.6. The summed E-state index contributed by atoms with van der Waals surface area (Å²) in [6.45, 7) is 12.7. The standard InChI is InChI=1S/C16H23N3O4.C16H25N3O2/c1-3-18(12(2)20)14-4-5-15(16(10-14)19(21)22)17-11-13-6-8-23-9-7-13;1-3-19(12(2)20)14-4-5-16(15(17)10-14)18-11-13-6-8-21-9-7-13/h4-5,10,13,17H,3,6-9,11H2,1-2H3;4-5,10,13,18H,3,6-9,11,17H2,1-2H3. The van der Waals surface area contributed by atoms with E-state index in [9.17, 15) is 19.7 Å². The smallest absolute Gasteiger partial charge is 0.294 e. The van der Waals surface area contributed by atoms with E-state index in [1.54, 1.807) is 24.0 Å². The van der Waals surface area contributed by atoms with Crippen molar-refractivity contribution in [3.8, 4) is 0 Å². The van der Waals surface area contributed by atoms with Gasteiger partial charge in [-0.3, -0.25) is 19.7 Å². The number of nitro benzene ring substituents is 1. The molecule has 2 heterocycles. The molecule has 2 aliphatic heterocycles. The van der Waals surface area contributed by atoms with Gasteiger partial charge in [-0.15, -0.1) is 0 Å². The number of hydrogen-bond acceptors (Lipinski definition) is 9. The summed E-state index contributed by atoms with van der Waals surface area (Å²) < 4.78 is 10.7. The molecule has 2 aliphatic rings. The molecular formula is C32H48N6O6. The number of nitrogens with zero attached hydrogens (tertiary/aromatic N) is 3. The van der Waals surface area contributed by atoms with E-state index in [0.29, 0.717) is 48.5 Å². The number of hydrogen-bond donors (Lipinski definition) is 3. The Kier molecular flexibility index (Phi) is 13.7. The van der Waals surface area contributed by atoms with E-state index in [0.717, 1.165) is 70.0 Å². The van der Waals surface area contributed by atoms with E-state index in [2.05, 4.69) is 10.6 Å². The number of carbonyl (C=O) groups is 2. The maximum absolute atomic E-state index is 11.6. The van der Waals surface area contributed by atoms with Gasteiger partial charge in [-0.1, -0.05) is 0 Å². The monoisotopic (exact) mass is 612 g/mol. The minimum atomic E-state index is -0.413. The normalized spacial score (nSPS) is 15.5. The quantitative estimate of drug-likeness (QED) is 0.175. The average molecular weight is 613 g/mol. The first kappa shape index (κ1) is 34.6. The van der Waals surface area contributed by atoms with Crippen LogP contribution >= 0.6 is 0 Å². The Morgan fingerprint density at radius 1 is 0.818 bits per heavy atom. The molecule has 242 valence electrons. The van der Waals surface area contributed by atoms with Crippen molar-refractivity contribution < 1.29 is 24.0 Å². The first-order chi connectivity index (χ1) is 21.1. The second-order valence-corrected chi connectivity index (χ2v) is 11.1. The Morgan fingerprint density at radius 2 is 1.25 bits per heavy atom. The summed E-state index contributed by atoms with van der Waals surface area (Å²) in [5.74, 6) is 0.999. The van der Waals surface area contributed by atoms with Gasteiger partial charge in [-0.25, -0.2) is 0 Å². The highest BCUT2D eigenvalue weighted by molar-refractivity contribution is 5.93. The molecule has 44 heavy (non-hydrogen) atoms. The fourth-order valence-corrected chi connectivity index (χ4v) is 5.45. The SMILES string of the molecule is CCN(C(C)=O)c1ccc(NCC2CCOCC2)c(N)c1.CCN(C(C)=O)c1ccc(NCC2CCOCC2)c([N+](=O)[O-])c1. The molecular weight excluding hydrogens is 564 g/mol. The topological polar surface area (TPSA) is 152 Å². The van der Waals surface area contributed by atoms with Gasteiger partial charge < -0.3 is 35.6 Å². The third kappa shape index (κ3) is 10.1. The number of amides is 2. The van der Waals surface area contributed by atoms with E-state index >= 15 is 0 Å². The van der Waals surface area contributed by atoms with Gasteiger partial charge in [0.25, 0.3) is 5.69 Å². The summed E-state index contributed by atoms with van der Waals surface area (Å²) in [6.07, 6.45) is 4.12. The zero-order valence-corrected chi connectivity index (χ0v) is 26.5. The van der Waals surface area contributed by atoms with Crippen molar-refractivity contribution in [2.24, 2.45) is 11.8 Å². The van der Waals surface area contributed by atoms with E-state index in [1.807, 2.05) is 32.0 Å². The molecule has 0 aromatic heterocycles. The van der Waals surface area contributed by atoms with Crippen LogP contribution in [0.3, 0.4) is 0 Å². The lowest BCUT2D eigenvalue weighted by Gasteiger charge is -2.24. The lowest BCUT2D eigenvalue weighted by molar-refractivity contribution is -0.383. The Morgan fingerprint density at radius 3 is 1.66 bits per heavy atom. The summed E-state index contributed by atoms with van der Waals surface area (Å²) in [5.41, 5.74) is 9.60. The zero-order valence-electron chi connectivity index (χ0n) is 26.5. The minimum absolute atomic E-state index is 0.00532. The van der Waals surface area contributed by atoms with E-state index in [4.69, 9.17) is 15.2 Å². The van der Waals surface area contributed by atoms with Crippen molar-refractivity contribution in [2.75, 3.05) is 78.8 Å². The van der Waals surface area contributed by atoms with Crippen LogP contribution in [0.4, 0.5) is 34.1 Å². The Labute approximate surface area is 260 Å². The molecule has 0 spiro atoms. The first-order valence-electron chi connectivity index (χ1n) is 15.5. The van der Waals surface area contributed by atoms with Crippen LogP contribution in [0.25, 0.3) is 0 Å². The predicted molar refractivity (Wildman–Crippen MR) is 175 cm³/mol. The van der Waals surface area contributed by atoms with E-state index in [1.165, 1.54) is 17.9 Å². The molecule has 12 heteroatoms. The number of anilines is 5. The van der Waals surface area contributed by atoms with Gasteiger partial charge in [0.05, 0.1) is 22.0 Å². The Bertz CT molecular complexity index is 1250. The van der Waals surface area contributed by atoms with Gasteiger partial charge in [-0.2, -0.15) is 0 Å². The lowest BCUT2D eigenvalue weighted by Crippen LogP contribution is -2.28. The van der Waals surface area contributed by atoms with Gasteiger partial charge >= 0.3 is 0 Å². The van der Waals surface area contributed by atoms with Gasteiger partial charge in [0.2, 0.25) is 11.8 Å². The van der Waals surface area contributed by atoms with Gasteiger partial charge in [0.1, 0.15) is 5.69 Å². The maximum Gasteiger partial charge on any atom is 0.294 e. The van der Waals surface area contributed by atoms with Crippen molar-refractivity contribution in [3.05, 3.63) is 46.5 Å². The number of ether oxygens (including phenoxy) is 2. The second-order valence-electron chi connectivity index (χ2n) is 11.1. The number of nitrogens with two attached hydrogens (primary N) is 1. The highest BCUT2D eigenvalue weighted by Gasteiger charge is 2.20. The van der Waals surface area contributed by atoms with Crippen LogP contribution in [0.5, 0.6) is 0 Å². The molecule has 0 unspecified atom stereocenters. The van der Waals surface area contributed by atoms with Crippen LogP contribution in [0.1, 0.15) is 53.4 Å². The van der Waals surface area contributed by atoms with Gasteiger partial charge in [-0.05, 0) is 81.7 Å². The fourth-order valence-electron chi connectivity index (χ4n) is 5.45. The largest absolute Gasteiger partial charge is 0.397 e. The van der Waals surface area contributed by atoms with Crippen molar-refractivity contribution in [1.29, 1.82) is 0 Å². The van der Waals surface area contributed by atoms with Crippen molar-refractivity contribution >= 4 is 45.9 Å². The molecule has 2 aromatic rings. The molecule has 4 rings (SSSR count). The molecule has 0 atom stereocenters. The number of nitrogens with one attached hydrogen (secondary N) is 2. The van der Waals surface area contributed by atoms with Crippen LogP contribution < -0.4 is 26.2 Å². The summed E-state index contributed by atoms with van der Waals surface area (Å²) >= 11 is 0. The zero-order chi connectivity index (χ0) is 32.1. The number of carbonyl (C=O) groups excluding carboxylic acids is 2. The van der Waals surface area contributed by atoms with Gasteiger partial charge in [0, 0.05) is 78.2 Å². The number of nitrogen functional groups attached to an aromatic ring is 1. The second kappa shape index (κ2) is 17.4. The van der Waals surface area contributed by atoms with Crippen molar-refractivity contribution in [3.63, 3.8) is 0 Å². The van der Waals surface area contributed by atoms with Crippen LogP contribution in [0.2, 0.25) is 0 Å². The summed E-state index contributed by atoms with van der Waals surface area (Å²) in [4.78, 5) is 37.3. The summed E-state index contributed by atoms with van der Waals surface area (Å²) in [5, 5.41) is 17.9. The van der Waals surface area contributed by atoms with Gasteiger partial charge in [0.15, 0.2) is 0 Å². The van der Waals surface area contributed by atoms with Crippen molar-refractivity contribution in [2.45, 2.75) is 53.4 Å². The summed E-state index contributed by atoms with van der Waals surface area (Å²) in [7, 11) is 0. The molecule has 0 bridgehead atoms. The van der Waals surface area contributed by atoms with Crippen LogP contribution in [-0.4, -0.2) is 69.3 Å². The molecule has 2 amide bonds. The first-order valence-corrected chi connectivity index (χ1v) is 15.5. The fraction of sp³-hybridized carbons (Fsp3) is 0.562. The lowest BCUT2D eigenvalue weighted by atomic mass is 10.0. The van der Waals surface area contributed by atoms with Crippen LogP contribution in [0.15, 0.2) is 36.4 Å². The predicted octanol–water partition coefficient (Wildman–Crippen LogP) is 5.29. The Hall–Kier alpha value is -3.90. The highest BCUT2D eigenvalue weighted by Crippen LogP contribution is 2.31. The van der Waals surface area contributed by atoms with Crippen LogP contribution in [-0.2, 0) is 19.1 Å². The molecule has 12 nitrogen and oxygen atoms in total. The van der Waals surface area contributed by atoms with Crippen molar-refractivity contribution in [1.82, 2.24) is 0 Å². The molecule has 2 saturated heterocycles. The molecule has 2 fully saturated rings. The molecule has 2 aromatic carbocycles. The molecule has 4 N–H and O–H groups in total. The third-order valence-electron chi connectivity index (χ3n) is 8.07. The van der Waals surface area contributed by atoms with Crippen LogP contribution in [0, 0.1) is 22.0 Å². The highest BCUT2D eigenvalue weighted by atomic mass is 16.6. The number of nitro groups is 1. The number of rotatable bonds is 11. The van der Waals surface area contributed by atoms with E-state index < -0.39 is 4.92 Å². The molecule has 0 radical (unpaired) electrons. The third-order valence-corrected chi connectivity index (χ3v) is 8.07. The Balaban J connectivity index is 0.000000241.